The summed E-state index contributed by atoms with van der Waals surface area (Å²) in [4.78, 5) is 2.61. The van der Waals surface area contributed by atoms with E-state index in [0.29, 0.717) is 0 Å². The van der Waals surface area contributed by atoms with E-state index in [4.69, 9.17) is 0 Å². The Morgan fingerprint density at radius 1 is 0.474 bits per heavy atom. The van der Waals surface area contributed by atoms with Crippen molar-refractivity contribution in [2.45, 2.75) is 185 Å². The Kier molecular flexibility index (Phi) is 30.2. The Labute approximate surface area is 360 Å². The van der Waals surface area contributed by atoms with Gasteiger partial charge in [0.2, 0.25) is 0 Å². The van der Waals surface area contributed by atoms with Gasteiger partial charge in [-0.05, 0) is 149 Å². The van der Waals surface area contributed by atoms with Crippen molar-refractivity contribution in [3.05, 3.63) is 136 Å². The van der Waals surface area contributed by atoms with Crippen LogP contribution in [0.15, 0.2) is 101 Å². The second kappa shape index (κ2) is 31.9. The summed E-state index contributed by atoms with van der Waals surface area (Å²) >= 11 is 1.84. The quantitative estimate of drug-likeness (QED) is 0.103. The maximum absolute atomic E-state index is 4.06. The molecule has 2 unspecified atom stereocenters. The van der Waals surface area contributed by atoms with Crippen LogP contribution in [0.2, 0.25) is 0 Å². The van der Waals surface area contributed by atoms with Gasteiger partial charge in [0.05, 0.1) is 0 Å². The molecular weight excluding hydrogens is 705 g/mol. The van der Waals surface area contributed by atoms with Gasteiger partial charge < -0.3 is 0 Å². The summed E-state index contributed by atoms with van der Waals surface area (Å²) < 4.78 is 0. The lowest BCUT2D eigenvalue weighted by atomic mass is 9.94. The van der Waals surface area contributed by atoms with Crippen LogP contribution in [0, 0.1) is 58.3 Å². The van der Waals surface area contributed by atoms with Crippen LogP contribution in [0.3, 0.4) is 0 Å². The smallest absolute Gasteiger partial charge is 0.0125 e. The minimum absolute atomic E-state index is 0.826. The van der Waals surface area contributed by atoms with Crippen LogP contribution in [-0.4, -0.2) is 0 Å². The zero-order chi connectivity index (χ0) is 43.3. The summed E-state index contributed by atoms with van der Waals surface area (Å²) in [6.07, 6.45) is 13.3. The first kappa shape index (κ1) is 54.0. The number of hydrogen-bond donors (Lipinski definition) is 0. The molecule has 0 radical (unpaired) electrons. The molecule has 0 aromatic heterocycles. The Bertz CT molecular complexity index is 1590. The Morgan fingerprint density at radius 3 is 1.32 bits per heavy atom. The topological polar surface area (TPSA) is 0 Å². The lowest BCUT2D eigenvalue weighted by Gasteiger charge is -2.12. The summed E-state index contributed by atoms with van der Waals surface area (Å²) in [5.41, 5.74) is 12.1. The fraction of sp³-hybridized carbons (Fsp3) is 0.536. The fourth-order valence-corrected chi connectivity index (χ4v) is 7.46. The van der Waals surface area contributed by atoms with Crippen molar-refractivity contribution in [1.82, 2.24) is 0 Å². The summed E-state index contributed by atoms with van der Waals surface area (Å²) in [7, 11) is 0. The largest absolute Gasteiger partial charge is 0.0955 e. The normalized spacial score (nSPS) is 11.5. The average Bonchev–Trinajstić information content (AvgIpc) is 3.17. The molecule has 0 N–H and O–H groups in total. The van der Waals surface area contributed by atoms with Gasteiger partial charge in [0, 0.05) is 9.79 Å². The van der Waals surface area contributed by atoms with Crippen LogP contribution >= 0.6 is 11.8 Å². The highest BCUT2D eigenvalue weighted by Crippen LogP contribution is 2.31. The molecule has 0 aliphatic heterocycles. The zero-order valence-electron chi connectivity index (χ0n) is 40.1. The highest BCUT2D eigenvalue weighted by molar-refractivity contribution is 7.99. The van der Waals surface area contributed by atoms with E-state index < -0.39 is 0 Å². The fourth-order valence-electron chi connectivity index (χ4n) is 6.55. The SMILES string of the molecule is C=C(C)c1ccc(Sc2ccc(CCC(C)CCCC(C)C)cc2)cc1C.CC.CC.Cc1ccc(C)c(C)c1.Cc1ccc(CCC(C)CCCC(C)C)cc1. The molecule has 0 fully saturated rings. The van der Waals surface area contributed by atoms with Gasteiger partial charge in [0.25, 0.3) is 0 Å². The van der Waals surface area contributed by atoms with Crippen LogP contribution in [0.5, 0.6) is 0 Å². The van der Waals surface area contributed by atoms with Gasteiger partial charge in [-0.25, -0.2) is 0 Å². The third-order valence-corrected chi connectivity index (χ3v) is 11.4. The molecule has 2 atom stereocenters. The molecule has 0 spiro atoms. The lowest BCUT2D eigenvalue weighted by Crippen LogP contribution is -1.99. The van der Waals surface area contributed by atoms with Crippen LogP contribution < -0.4 is 0 Å². The van der Waals surface area contributed by atoms with E-state index in [1.54, 1.807) is 0 Å². The second-order valence-electron chi connectivity index (χ2n) is 17.0. The highest BCUT2D eigenvalue weighted by atomic mass is 32.2. The predicted molar refractivity (Wildman–Crippen MR) is 263 cm³/mol. The molecule has 0 amide bonds. The first-order valence-corrected chi connectivity index (χ1v) is 23.6. The molecule has 0 heterocycles. The van der Waals surface area contributed by atoms with Gasteiger partial charge in [-0.2, -0.15) is 0 Å². The molecule has 0 saturated heterocycles. The average molecular weight is 793 g/mol. The number of hydrogen-bond acceptors (Lipinski definition) is 1. The molecule has 0 nitrogen and oxygen atoms in total. The van der Waals surface area contributed by atoms with Crippen molar-refractivity contribution in [2.24, 2.45) is 23.7 Å². The van der Waals surface area contributed by atoms with E-state index in [1.807, 2.05) is 39.5 Å². The molecule has 4 rings (SSSR count). The Morgan fingerprint density at radius 2 is 0.912 bits per heavy atom. The third-order valence-electron chi connectivity index (χ3n) is 10.4. The van der Waals surface area contributed by atoms with Crippen LogP contribution in [0.25, 0.3) is 5.57 Å². The summed E-state index contributed by atoms with van der Waals surface area (Å²) in [5.74, 6) is 3.39. The maximum Gasteiger partial charge on any atom is 0.0125 e. The van der Waals surface area contributed by atoms with Crippen molar-refractivity contribution in [3.8, 4) is 0 Å². The standard InChI is InChI=1S/C26H36S.C17H28.C9H12.2C2H6/c1-19(2)8-7-9-21(5)10-11-23-12-14-24(15-13-23)27-25-16-17-26(20(3)4)22(6)18-25;1-14(2)6-5-7-15(3)8-11-17-12-9-16(4)10-13-17;1-7-4-5-8(2)9(3)6-7;2*1-2/h12-19,21H,3,7-11H2,1-2,4-6H3;9-10,12-15H,5-8,11H2,1-4H3;4-6H,1-3H3;2*1-2H3. The van der Waals surface area contributed by atoms with E-state index in [2.05, 4.69) is 175 Å². The molecule has 0 aliphatic carbocycles. The predicted octanol–water partition coefficient (Wildman–Crippen LogP) is 18.6. The minimum Gasteiger partial charge on any atom is -0.0955 e. The maximum atomic E-state index is 4.06. The van der Waals surface area contributed by atoms with Crippen molar-refractivity contribution < 1.29 is 0 Å². The second-order valence-corrected chi connectivity index (χ2v) is 18.2. The molecular formula is C56H88S. The summed E-state index contributed by atoms with van der Waals surface area (Å²) in [5, 5.41) is 0. The third kappa shape index (κ3) is 25.8. The van der Waals surface area contributed by atoms with Gasteiger partial charge in [-0.15, -0.1) is 0 Å². The zero-order valence-corrected chi connectivity index (χ0v) is 40.9. The highest BCUT2D eigenvalue weighted by Gasteiger charge is 2.07. The molecule has 0 saturated carbocycles. The van der Waals surface area contributed by atoms with Gasteiger partial charge in [-0.1, -0.05) is 203 Å². The van der Waals surface area contributed by atoms with E-state index in [0.717, 1.165) is 29.2 Å². The number of aryl methyl sites for hydroxylation is 7. The summed E-state index contributed by atoms with van der Waals surface area (Å²) in [6.45, 7) is 38.9. The first-order valence-electron chi connectivity index (χ1n) is 22.8. The van der Waals surface area contributed by atoms with Crippen LogP contribution in [0.1, 0.15) is 172 Å². The van der Waals surface area contributed by atoms with Crippen molar-refractivity contribution in [2.75, 3.05) is 0 Å². The van der Waals surface area contributed by atoms with Gasteiger partial charge >= 0.3 is 0 Å². The van der Waals surface area contributed by atoms with Gasteiger partial charge in [0.1, 0.15) is 0 Å². The molecule has 0 aliphatic rings. The van der Waals surface area contributed by atoms with E-state index >= 15 is 0 Å². The molecule has 318 valence electrons. The first-order chi connectivity index (χ1) is 27.1. The van der Waals surface area contributed by atoms with Crippen molar-refractivity contribution in [3.63, 3.8) is 0 Å². The summed E-state index contributed by atoms with van der Waals surface area (Å²) in [6, 6.07) is 31.3. The number of benzene rings is 4. The van der Waals surface area contributed by atoms with Gasteiger partial charge in [-0.3, -0.25) is 0 Å². The molecule has 1 heteroatoms. The van der Waals surface area contributed by atoms with Crippen molar-refractivity contribution >= 4 is 17.3 Å². The number of allylic oxidation sites excluding steroid dienone is 1. The lowest BCUT2D eigenvalue weighted by molar-refractivity contribution is 0.437. The Balaban J connectivity index is 0.000000886. The molecule has 4 aromatic rings. The molecule has 4 aromatic carbocycles. The monoisotopic (exact) mass is 793 g/mol. The molecule has 0 bridgehead atoms. The van der Waals surface area contributed by atoms with Gasteiger partial charge in [0.15, 0.2) is 0 Å². The van der Waals surface area contributed by atoms with Crippen molar-refractivity contribution in [1.29, 1.82) is 0 Å². The Hall–Kier alpha value is -3.03. The van der Waals surface area contributed by atoms with E-state index in [-0.39, 0.29) is 0 Å². The van der Waals surface area contributed by atoms with E-state index in [1.165, 1.54) is 119 Å². The van der Waals surface area contributed by atoms with Crippen LogP contribution in [-0.2, 0) is 12.8 Å². The number of rotatable bonds is 17. The molecule has 57 heavy (non-hydrogen) atoms. The minimum atomic E-state index is 0.826. The van der Waals surface area contributed by atoms with E-state index in [9.17, 15) is 0 Å². The van der Waals surface area contributed by atoms with Crippen LogP contribution in [0.4, 0.5) is 0 Å².